The summed E-state index contributed by atoms with van der Waals surface area (Å²) in [6.07, 6.45) is 2.27. The van der Waals surface area contributed by atoms with Gasteiger partial charge in [-0.25, -0.2) is 0 Å². The largest absolute Gasteiger partial charge is 0.347 e. The maximum atomic E-state index is 13.2. The Hall–Kier alpha value is -2.76. The van der Waals surface area contributed by atoms with Crippen molar-refractivity contribution in [1.29, 1.82) is 0 Å². The number of amides is 1. The zero-order valence-electron chi connectivity index (χ0n) is 14.9. The third-order valence-corrected chi connectivity index (χ3v) is 5.66. The number of hydrogen-bond donors (Lipinski definition) is 0. The van der Waals surface area contributed by atoms with E-state index in [9.17, 15) is 4.79 Å². The summed E-state index contributed by atoms with van der Waals surface area (Å²) in [4.78, 5) is 19.5. The lowest BCUT2D eigenvalue weighted by Crippen LogP contribution is -2.53. The summed E-state index contributed by atoms with van der Waals surface area (Å²) in [6, 6.07) is 19.8. The van der Waals surface area contributed by atoms with Crippen LogP contribution >= 0.6 is 0 Å². The Labute approximate surface area is 157 Å². The van der Waals surface area contributed by atoms with E-state index in [1.54, 1.807) is 6.20 Å². The van der Waals surface area contributed by atoms with Crippen molar-refractivity contribution < 1.29 is 14.3 Å². The Kier molecular flexibility index (Phi) is 3.92. The molecule has 2 aliphatic rings. The number of carbonyl (C=O) groups is 1. The average Bonchev–Trinajstić information content (AvgIpc) is 3.18. The van der Waals surface area contributed by atoms with Gasteiger partial charge in [0.2, 0.25) is 0 Å². The highest BCUT2D eigenvalue weighted by Crippen LogP contribution is 2.42. The highest BCUT2D eigenvalue weighted by atomic mass is 16.7. The molecule has 2 aromatic carbocycles. The van der Waals surface area contributed by atoms with Crippen LogP contribution in [0.25, 0.3) is 10.9 Å². The topological polar surface area (TPSA) is 51.7 Å². The number of fused-ring (bicyclic) bond motifs is 2. The van der Waals surface area contributed by atoms with Crippen LogP contribution in [0.4, 0.5) is 0 Å². The summed E-state index contributed by atoms with van der Waals surface area (Å²) in [5.74, 6) is -0.00328. The number of piperidine rings is 1. The molecule has 0 saturated carbocycles. The lowest BCUT2D eigenvalue weighted by Gasteiger charge is -2.42. The molecule has 0 spiro atoms. The smallest absolute Gasteiger partial charge is 0.256 e. The van der Waals surface area contributed by atoms with Crippen LogP contribution < -0.4 is 0 Å². The Balaban J connectivity index is 1.45. The Bertz CT molecular complexity index is 986. The zero-order chi connectivity index (χ0) is 18.3. The van der Waals surface area contributed by atoms with Crippen molar-refractivity contribution in [2.45, 2.75) is 18.1 Å². The number of likely N-dealkylation sites (tertiary alicyclic amines) is 1. The molecule has 136 valence electrons. The number of benzene rings is 2. The van der Waals surface area contributed by atoms with Gasteiger partial charge >= 0.3 is 0 Å². The second-order valence-corrected chi connectivity index (χ2v) is 7.05. The summed E-state index contributed by atoms with van der Waals surface area (Å²) in [6.45, 7) is 1.39. The number of rotatable bonds is 2. The normalized spacial score (nSPS) is 24.7. The van der Waals surface area contributed by atoms with E-state index >= 15 is 0 Å². The molecule has 2 saturated heterocycles. The van der Waals surface area contributed by atoms with Crippen molar-refractivity contribution in [3.63, 3.8) is 0 Å². The van der Waals surface area contributed by atoms with Crippen LogP contribution in [0.5, 0.6) is 0 Å². The van der Waals surface area contributed by atoms with Crippen molar-refractivity contribution in [2.75, 3.05) is 19.9 Å². The minimum atomic E-state index is -0.463. The Morgan fingerprint density at radius 2 is 1.93 bits per heavy atom. The molecule has 0 radical (unpaired) electrons. The molecule has 27 heavy (non-hydrogen) atoms. The van der Waals surface area contributed by atoms with Gasteiger partial charge in [0.25, 0.3) is 5.91 Å². The summed E-state index contributed by atoms with van der Waals surface area (Å²) < 4.78 is 11.9. The van der Waals surface area contributed by atoms with Gasteiger partial charge in [-0.1, -0.05) is 48.5 Å². The predicted octanol–water partition coefficient (Wildman–Crippen LogP) is 3.35. The number of para-hydroxylation sites is 1. The van der Waals surface area contributed by atoms with Crippen LogP contribution in [0.2, 0.25) is 0 Å². The lowest BCUT2D eigenvalue weighted by molar-refractivity contribution is -0.0438. The van der Waals surface area contributed by atoms with Crippen molar-refractivity contribution >= 4 is 16.8 Å². The molecule has 3 aromatic rings. The molecule has 2 atom stereocenters. The number of hydrogen-bond acceptors (Lipinski definition) is 4. The summed E-state index contributed by atoms with van der Waals surface area (Å²) in [5.41, 5.74) is 2.04. The van der Waals surface area contributed by atoms with Crippen molar-refractivity contribution in [2.24, 2.45) is 0 Å². The first-order valence-corrected chi connectivity index (χ1v) is 9.22. The fourth-order valence-corrected chi connectivity index (χ4v) is 4.24. The fourth-order valence-electron chi connectivity index (χ4n) is 4.24. The van der Waals surface area contributed by atoms with Crippen LogP contribution in [0, 0.1) is 0 Å². The molecular weight excluding hydrogens is 340 g/mol. The quantitative estimate of drug-likeness (QED) is 0.703. The third-order valence-electron chi connectivity index (χ3n) is 5.66. The van der Waals surface area contributed by atoms with E-state index in [0.717, 1.165) is 16.5 Å². The van der Waals surface area contributed by atoms with E-state index in [-0.39, 0.29) is 18.8 Å². The first-order chi connectivity index (χ1) is 13.3. The standard InChI is InChI=1S/C22H20N2O3/c25-21(18-10-4-6-16-7-5-12-23-20(16)18)24-13-11-22(17-8-2-1-3-9-17)19(14-24)26-15-27-22/h1-10,12,19H,11,13-15H2/t19?,22-/m1/s1. The van der Waals surface area contributed by atoms with Crippen molar-refractivity contribution in [1.82, 2.24) is 9.88 Å². The summed E-state index contributed by atoms with van der Waals surface area (Å²) in [7, 11) is 0. The molecule has 1 aromatic heterocycles. The highest BCUT2D eigenvalue weighted by Gasteiger charge is 2.51. The first-order valence-electron chi connectivity index (χ1n) is 9.22. The van der Waals surface area contributed by atoms with Crippen LogP contribution in [0.15, 0.2) is 66.9 Å². The molecule has 1 unspecified atom stereocenters. The Morgan fingerprint density at radius 3 is 2.81 bits per heavy atom. The first kappa shape index (κ1) is 16.4. The zero-order valence-corrected chi connectivity index (χ0v) is 14.9. The van der Waals surface area contributed by atoms with Gasteiger partial charge in [0.1, 0.15) is 18.5 Å². The number of nitrogens with zero attached hydrogens (tertiary/aromatic N) is 2. The number of aromatic nitrogens is 1. The van der Waals surface area contributed by atoms with E-state index < -0.39 is 5.60 Å². The van der Waals surface area contributed by atoms with E-state index in [0.29, 0.717) is 25.1 Å². The number of pyridine rings is 1. The van der Waals surface area contributed by atoms with Crippen LogP contribution in [0.1, 0.15) is 22.3 Å². The average molecular weight is 360 g/mol. The molecular formula is C22H20N2O3. The molecule has 5 rings (SSSR count). The minimum absolute atomic E-state index is 0.00328. The van der Waals surface area contributed by atoms with Crippen LogP contribution in [0.3, 0.4) is 0 Å². The SMILES string of the molecule is O=C(c1cccc2cccnc12)N1CC[C@]2(c3ccccc3)OCOC2C1. The summed E-state index contributed by atoms with van der Waals surface area (Å²) in [5, 5.41) is 0.972. The molecule has 3 heterocycles. The second kappa shape index (κ2) is 6.44. The van der Waals surface area contributed by atoms with Crippen LogP contribution in [-0.4, -0.2) is 41.8 Å². The monoisotopic (exact) mass is 360 g/mol. The molecule has 1 amide bonds. The lowest BCUT2D eigenvalue weighted by atomic mass is 9.82. The van der Waals surface area contributed by atoms with Gasteiger partial charge in [-0.2, -0.15) is 0 Å². The van der Waals surface area contributed by atoms with Crippen molar-refractivity contribution in [3.05, 3.63) is 78.0 Å². The molecule has 0 N–H and O–H groups in total. The van der Waals surface area contributed by atoms with E-state index in [2.05, 4.69) is 17.1 Å². The third kappa shape index (κ3) is 2.62. The second-order valence-electron chi connectivity index (χ2n) is 7.05. The van der Waals surface area contributed by atoms with Crippen molar-refractivity contribution in [3.8, 4) is 0 Å². The molecule has 0 bridgehead atoms. The molecule has 5 heteroatoms. The fraction of sp³-hybridized carbons (Fsp3) is 0.273. The van der Waals surface area contributed by atoms with Gasteiger partial charge in [0.15, 0.2) is 0 Å². The van der Waals surface area contributed by atoms with Gasteiger partial charge in [-0.05, 0) is 17.7 Å². The summed E-state index contributed by atoms with van der Waals surface area (Å²) >= 11 is 0. The van der Waals surface area contributed by atoms with E-state index in [1.165, 1.54) is 0 Å². The van der Waals surface area contributed by atoms with E-state index in [4.69, 9.17) is 9.47 Å². The predicted molar refractivity (Wildman–Crippen MR) is 101 cm³/mol. The molecule has 2 fully saturated rings. The molecule has 0 aliphatic carbocycles. The number of carbonyl (C=O) groups excluding carboxylic acids is 1. The number of ether oxygens (including phenoxy) is 2. The Morgan fingerprint density at radius 1 is 1.07 bits per heavy atom. The van der Waals surface area contributed by atoms with Gasteiger partial charge in [0.05, 0.1) is 17.6 Å². The van der Waals surface area contributed by atoms with Gasteiger partial charge in [0, 0.05) is 24.5 Å². The minimum Gasteiger partial charge on any atom is -0.347 e. The molecule has 2 aliphatic heterocycles. The maximum Gasteiger partial charge on any atom is 0.256 e. The van der Waals surface area contributed by atoms with Gasteiger partial charge in [-0.3, -0.25) is 9.78 Å². The highest BCUT2D eigenvalue weighted by molar-refractivity contribution is 6.05. The van der Waals surface area contributed by atoms with Gasteiger partial charge in [-0.15, -0.1) is 0 Å². The van der Waals surface area contributed by atoms with Crippen LogP contribution in [-0.2, 0) is 15.1 Å². The maximum absolute atomic E-state index is 13.2. The molecule has 5 nitrogen and oxygen atoms in total. The van der Waals surface area contributed by atoms with E-state index in [1.807, 2.05) is 53.4 Å². The van der Waals surface area contributed by atoms with Gasteiger partial charge < -0.3 is 14.4 Å².